The van der Waals surface area contributed by atoms with Crippen molar-refractivity contribution < 1.29 is 26.3 Å². The number of nitrogen functional groups attached to an aromatic ring is 1. The van der Waals surface area contributed by atoms with Gasteiger partial charge < -0.3 is 11.1 Å². The Morgan fingerprint density at radius 1 is 0.966 bits per heavy atom. The zero-order chi connectivity index (χ0) is 21.7. The normalized spacial score (nSPS) is 15.4. The molecule has 0 spiro atoms. The first-order valence-electron chi connectivity index (χ1n) is 8.75. The minimum Gasteiger partial charge on any atom is -0.383 e. The van der Waals surface area contributed by atoms with Gasteiger partial charge in [0.1, 0.15) is 11.6 Å². The number of nitrogens with two attached hydrogens (primary N) is 1. The third-order valence-corrected chi connectivity index (χ3v) is 4.68. The first-order chi connectivity index (χ1) is 13.5. The van der Waals surface area contributed by atoms with Crippen molar-refractivity contribution >= 4 is 27.6 Å². The minimum atomic E-state index is -4.40. The molecule has 0 aromatic carbocycles. The van der Waals surface area contributed by atoms with Gasteiger partial charge in [-0.2, -0.15) is 26.3 Å². The lowest BCUT2D eigenvalue weighted by Gasteiger charge is -2.24. The van der Waals surface area contributed by atoms with E-state index in [4.69, 9.17) is 5.73 Å². The monoisotopic (exact) mass is 484 g/mol. The molecular formula is C18H19BrF6N4. The van der Waals surface area contributed by atoms with Crippen molar-refractivity contribution in [2.24, 2.45) is 0 Å². The maximum Gasteiger partial charge on any atom is 0.419 e. The molecule has 0 amide bonds. The quantitative estimate of drug-likeness (QED) is 0.491. The Morgan fingerprint density at radius 3 is 2.10 bits per heavy atom. The Kier molecular flexibility index (Phi) is 7.73. The third-order valence-electron chi connectivity index (χ3n) is 4.25. The predicted octanol–water partition coefficient (Wildman–Crippen LogP) is 6.29. The van der Waals surface area contributed by atoms with Gasteiger partial charge in [-0.15, -0.1) is 0 Å². The first-order valence-corrected chi connectivity index (χ1v) is 9.54. The van der Waals surface area contributed by atoms with E-state index in [2.05, 4.69) is 31.2 Å². The molecule has 2 aromatic heterocycles. The molecule has 1 fully saturated rings. The number of halogens is 7. The molecule has 2 heterocycles. The number of pyridine rings is 2. The third kappa shape index (κ3) is 7.06. The summed E-state index contributed by atoms with van der Waals surface area (Å²) in [6.07, 6.45) is -1.07. The van der Waals surface area contributed by atoms with Crippen molar-refractivity contribution in [1.82, 2.24) is 9.97 Å². The van der Waals surface area contributed by atoms with Crippen LogP contribution in [0.5, 0.6) is 0 Å². The van der Waals surface area contributed by atoms with Crippen LogP contribution in [0.4, 0.5) is 38.0 Å². The summed E-state index contributed by atoms with van der Waals surface area (Å²) in [4.78, 5) is 7.16. The van der Waals surface area contributed by atoms with E-state index in [0.29, 0.717) is 4.47 Å². The molecule has 0 saturated heterocycles. The molecule has 0 bridgehead atoms. The van der Waals surface area contributed by atoms with Crippen LogP contribution in [0.2, 0.25) is 0 Å². The number of hydrogen-bond acceptors (Lipinski definition) is 4. The van der Waals surface area contributed by atoms with Crippen LogP contribution in [0.15, 0.2) is 35.1 Å². The maximum absolute atomic E-state index is 12.9. The average Bonchev–Trinajstić information content (AvgIpc) is 2.63. The minimum absolute atomic E-state index is 0.0578. The van der Waals surface area contributed by atoms with Gasteiger partial charge in [0.2, 0.25) is 0 Å². The van der Waals surface area contributed by atoms with Crippen LogP contribution < -0.4 is 11.1 Å². The summed E-state index contributed by atoms with van der Waals surface area (Å²) < 4.78 is 74.8. The Morgan fingerprint density at radius 2 is 1.59 bits per heavy atom. The van der Waals surface area contributed by atoms with Crippen LogP contribution in [0.25, 0.3) is 0 Å². The maximum atomic E-state index is 12.9. The summed E-state index contributed by atoms with van der Waals surface area (Å²) in [6.45, 7) is 0. The van der Waals surface area contributed by atoms with Crippen molar-refractivity contribution in [2.75, 3.05) is 11.1 Å². The molecule has 4 nitrogen and oxygen atoms in total. The van der Waals surface area contributed by atoms with E-state index in [9.17, 15) is 26.3 Å². The summed E-state index contributed by atoms with van der Waals surface area (Å²) >= 11 is 3.02. The fourth-order valence-electron chi connectivity index (χ4n) is 2.87. The number of hydrogen-bond donors (Lipinski definition) is 2. The van der Waals surface area contributed by atoms with Crippen LogP contribution in [0, 0.1) is 0 Å². The smallest absolute Gasteiger partial charge is 0.383 e. The van der Waals surface area contributed by atoms with E-state index in [0.717, 1.165) is 44.2 Å². The molecule has 0 unspecified atom stereocenters. The average molecular weight is 485 g/mol. The van der Waals surface area contributed by atoms with Gasteiger partial charge in [-0.1, -0.05) is 19.3 Å². The lowest BCUT2D eigenvalue weighted by Crippen LogP contribution is -2.25. The first kappa shape index (κ1) is 23.2. The van der Waals surface area contributed by atoms with E-state index < -0.39 is 29.3 Å². The standard InChI is InChI=1S/C12H14BrF3N2.C6H5F3N2/c13-8-6-10(12(14,15)16)11(17-7-8)18-9-4-2-1-3-5-9;7-6(8,9)4-2-1-3-11-5(4)10/h6-7,9H,1-5H2,(H,17,18);1-3H,(H2,10,11). The number of nitrogens with one attached hydrogen (secondary N) is 1. The Balaban J connectivity index is 0.000000234. The molecule has 1 aliphatic rings. The van der Waals surface area contributed by atoms with Gasteiger partial charge >= 0.3 is 12.4 Å². The molecule has 29 heavy (non-hydrogen) atoms. The fraction of sp³-hybridized carbons (Fsp3) is 0.444. The van der Waals surface area contributed by atoms with Gasteiger partial charge in [0.05, 0.1) is 11.1 Å². The number of aromatic nitrogens is 2. The Labute approximate surface area is 172 Å². The molecular weight excluding hydrogens is 466 g/mol. The lowest BCUT2D eigenvalue weighted by molar-refractivity contribution is -0.138. The number of rotatable bonds is 2. The van der Waals surface area contributed by atoms with Gasteiger partial charge in [0, 0.05) is 22.9 Å². The van der Waals surface area contributed by atoms with Crippen LogP contribution in [0.1, 0.15) is 43.2 Å². The van der Waals surface area contributed by atoms with Gasteiger partial charge in [-0.25, -0.2) is 9.97 Å². The summed E-state index contributed by atoms with van der Waals surface area (Å²) in [5.41, 5.74) is 3.38. The van der Waals surface area contributed by atoms with E-state index >= 15 is 0 Å². The molecule has 1 saturated carbocycles. The highest BCUT2D eigenvalue weighted by Crippen LogP contribution is 2.36. The number of alkyl halides is 6. The van der Waals surface area contributed by atoms with E-state index in [1.54, 1.807) is 0 Å². The van der Waals surface area contributed by atoms with Gasteiger partial charge in [-0.05, 0) is 47.0 Å². The highest BCUT2D eigenvalue weighted by atomic mass is 79.9. The van der Waals surface area contributed by atoms with Gasteiger partial charge in [0.15, 0.2) is 0 Å². The van der Waals surface area contributed by atoms with Crippen LogP contribution in [-0.4, -0.2) is 16.0 Å². The highest BCUT2D eigenvalue weighted by Gasteiger charge is 2.35. The molecule has 0 radical (unpaired) electrons. The molecule has 0 atom stereocenters. The largest absolute Gasteiger partial charge is 0.419 e. The van der Waals surface area contributed by atoms with Crippen molar-refractivity contribution in [3.8, 4) is 0 Å². The lowest BCUT2D eigenvalue weighted by atomic mass is 9.95. The summed E-state index contributed by atoms with van der Waals surface area (Å²) in [5, 5.41) is 2.93. The zero-order valence-electron chi connectivity index (χ0n) is 15.1. The number of nitrogens with zero attached hydrogens (tertiary/aromatic N) is 2. The molecule has 3 N–H and O–H groups in total. The molecule has 0 aliphatic heterocycles. The SMILES string of the molecule is FC(F)(F)c1cc(Br)cnc1NC1CCCCC1.Nc1ncccc1C(F)(F)F. The van der Waals surface area contributed by atoms with E-state index in [-0.39, 0.29) is 11.9 Å². The molecule has 1 aliphatic carbocycles. The van der Waals surface area contributed by atoms with Crippen molar-refractivity contribution in [3.63, 3.8) is 0 Å². The molecule has 3 rings (SSSR count). The summed E-state index contributed by atoms with van der Waals surface area (Å²) in [6, 6.07) is 3.26. The van der Waals surface area contributed by atoms with Crippen molar-refractivity contribution in [1.29, 1.82) is 0 Å². The number of anilines is 2. The van der Waals surface area contributed by atoms with Crippen LogP contribution >= 0.6 is 15.9 Å². The van der Waals surface area contributed by atoms with Gasteiger partial charge in [-0.3, -0.25) is 0 Å². The zero-order valence-corrected chi connectivity index (χ0v) is 16.7. The predicted molar refractivity (Wildman–Crippen MR) is 101 cm³/mol. The summed E-state index contributed by atoms with van der Waals surface area (Å²) in [5.74, 6) is -0.544. The molecule has 160 valence electrons. The molecule has 2 aromatic rings. The topological polar surface area (TPSA) is 63.8 Å². The van der Waals surface area contributed by atoms with Gasteiger partial charge in [0.25, 0.3) is 0 Å². The fourth-order valence-corrected chi connectivity index (χ4v) is 3.20. The molecule has 11 heteroatoms. The Hall–Kier alpha value is -2.04. The second-order valence-electron chi connectivity index (χ2n) is 6.46. The summed E-state index contributed by atoms with van der Waals surface area (Å²) in [7, 11) is 0. The Bertz CT molecular complexity index is 804. The van der Waals surface area contributed by atoms with Crippen LogP contribution in [0.3, 0.4) is 0 Å². The highest BCUT2D eigenvalue weighted by molar-refractivity contribution is 9.10. The second-order valence-corrected chi connectivity index (χ2v) is 7.38. The van der Waals surface area contributed by atoms with E-state index in [1.165, 1.54) is 18.5 Å². The van der Waals surface area contributed by atoms with Crippen molar-refractivity contribution in [3.05, 3.63) is 46.2 Å². The van der Waals surface area contributed by atoms with E-state index in [1.807, 2.05) is 0 Å². The second kappa shape index (κ2) is 9.64. The van der Waals surface area contributed by atoms with Crippen LogP contribution in [-0.2, 0) is 12.4 Å². The van der Waals surface area contributed by atoms with Crippen molar-refractivity contribution in [2.45, 2.75) is 50.5 Å².